The van der Waals surface area contributed by atoms with E-state index in [1.807, 2.05) is 13.3 Å². The van der Waals surface area contributed by atoms with E-state index < -0.39 is 0 Å². The summed E-state index contributed by atoms with van der Waals surface area (Å²) in [5.74, 6) is 1.99. The number of nitrogens with zero attached hydrogens (tertiary/aromatic N) is 2. The minimum Gasteiger partial charge on any atom is -0.468 e. The molecule has 0 saturated carbocycles. The van der Waals surface area contributed by atoms with E-state index in [1.54, 1.807) is 0 Å². The van der Waals surface area contributed by atoms with E-state index >= 15 is 0 Å². The Morgan fingerprint density at radius 2 is 2.25 bits per heavy atom. The maximum atomic E-state index is 5.69. The normalized spacial score (nSPS) is 28.5. The number of hydrogen-bond donors (Lipinski definition) is 1. The number of rotatable bonds is 4. The molecule has 2 aliphatic heterocycles. The molecule has 0 amide bonds. The minimum atomic E-state index is 0.813. The molecule has 0 spiro atoms. The van der Waals surface area contributed by atoms with Gasteiger partial charge >= 0.3 is 0 Å². The fourth-order valence-electron chi connectivity index (χ4n) is 3.93. The van der Waals surface area contributed by atoms with Crippen molar-refractivity contribution in [2.24, 2.45) is 5.92 Å². The third-order valence-corrected chi connectivity index (χ3v) is 5.00. The average Bonchev–Trinajstić information content (AvgIpc) is 2.87. The summed E-state index contributed by atoms with van der Waals surface area (Å²) in [6.07, 6.45) is 5.89. The van der Waals surface area contributed by atoms with Crippen LogP contribution in [0.25, 0.3) is 0 Å². The van der Waals surface area contributed by atoms with Crippen LogP contribution in [0.5, 0.6) is 0 Å². The number of furan rings is 1. The van der Waals surface area contributed by atoms with Crippen LogP contribution in [0.4, 0.5) is 0 Å². The van der Waals surface area contributed by atoms with Gasteiger partial charge < -0.3 is 14.6 Å². The molecule has 2 saturated heterocycles. The third kappa shape index (κ3) is 2.92. The Kier molecular flexibility index (Phi) is 4.44. The van der Waals surface area contributed by atoms with E-state index in [1.165, 1.54) is 44.5 Å². The van der Waals surface area contributed by atoms with Crippen LogP contribution >= 0.6 is 0 Å². The number of fused-ring (bicyclic) bond motifs is 1. The molecule has 4 nitrogen and oxygen atoms in total. The Bertz CT molecular complexity index is 431. The molecule has 1 N–H and O–H groups in total. The molecule has 0 aliphatic carbocycles. The van der Waals surface area contributed by atoms with Crippen LogP contribution in [0.15, 0.2) is 16.7 Å². The van der Waals surface area contributed by atoms with Crippen LogP contribution in [0, 0.1) is 5.92 Å². The van der Waals surface area contributed by atoms with Crippen molar-refractivity contribution >= 4 is 0 Å². The third-order valence-electron chi connectivity index (χ3n) is 5.00. The Morgan fingerprint density at radius 1 is 1.35 bits per heavy atom. The summed E-state index contributed by atoms with van der Waals surface area (Å²) >= 11 is 0. The van der Waals surface area contributed by atoms with Crippen LogP contribution in [0.1, 0.15) is 30.6 Å². The first-order valence-corrected chi connectivity index (χ1v) is 7.90. The van der Waals surface area contributed by atoms with E-state index in [-0.39, 0.29) is 0 Å². The Balaban J connectivity index is 1.60. The highest BCUT2D eigenvalue weighted by atomic mass is 16.3. The van der Waals surface area contributed by atoms with Gasteiger partial charge in [-0.15, -0.1) is 0 Å². The fraction of sp³-hybridized carbons (Fsp3) is 0.750. The molecule has 2 aliphatic rings. The predicted octanol–water partition coefficient (Wildman–Crippen LogP) is 1.92. The van der Waals surface area contributed by atoms with Gasteiger partial charge in [-0.25, -0.2) is 0 Å². The molecule has 3 heterocycles. The quantitative estimate of drug-likeness (QED) is 0.911. The predicted molar refractivity (Wildman–Crippen MR) is 80.5 cm³/mol. The van der Waals surface area contributed by atoms with Crippen molar-refractivity contribution in [1.82, 2.24) is 15.1 Å². The van der Waals surface area contributed by atoms with Gasteiger partial charge in [-0.2, -0.15) is 0 Å². The maximum Gasteiger partial charge on any atom is 0.122 e. The molecule has 1 aromatic heterocycles. The molecular formula is C16H27N3O. The Hall–Kier alpha value is -0.840. The SMILES string of the molecule is CNCc1ccoc1CN1CCC2C(CCCN2C)C1. The lowest BCUT2D eigenvalue weighted by atomic mass is 9.84. The van der Waals surface area contributed by atoms with Crippen molar-refractivity contribution < 1.29 is 4.42 Å². The molecule has 3 rings (SSSR count). The monoisotopic (exact) mass is 277 g/mol. The first kappa shape index (κ1) is 14.1. The smallest absolute Gasteiger partial charge is 0.122 e. The van der Waals surface area contributed by atoms with Crippen molar-refractivity contribution in [3.05, 3.63) is 23.7 Å². The van der Waals surface area contributed by atoms with Crippen LogP contribution < -0.4 is 5.32 Å². The van der Waals surface area contributed by atoms with Gasteiger partial charge in [0, 0.05) is 31.2 Å². The second-order valence-corrected chi connectivity index (χ2v) is 6.37. The van der Waals surface area contributed by atoms with Crippen LogP contribution in [0.2, 0.25) is 0 Å². The highest BCUT2D eigenvalue weighted by Gasteiger charge is 2.34. The zero-order chi connectivity index (χ0) is 13.9. The lowest BCUT2D eigenvalue weighted by molar-refractivity contribution is 0.0328. The highest BCUT2D eigenvalue weighted by Crippen LogP contribution is 2.30. The standard InChI is InChI=1S/C16H27N3O/c1-17-10-13-6-9-20-16(13)12-19-8-5-15-14(11-19)4-3-7-18(15)2/h6,9,14-15,17H,3-5,7-8,10-12H2,1-2H3. The lowest BCUT2D eigenvalue weighted by Gasteiger charge is -2.45. The van der Waals surface area contributed by atoms with Gasteiger partial charge in [-0.1, -0.05) is 0 Å². The van der Waals surface area contributed by atoms with Gasteiger partial charge in [-0.05, 0) is 51.9 Å². The largest absolute Gasteiger partial charge is 0.468 e. The first-order valence-electron chi connectivity index (χ1n) is 7.90. The van der Waals surface area contributed by atoms with Crippen LogP contribution in [-0.2, 0) is 13.1 Å². The maximum absolute atomic E-state index is 5.69. The van der Waals surface area contributed by atoms with Gasteiger partial charge in [0.15, 0.2) is 0 Å². The lowest BCUT2D eigenvalue weighted by Crippen LogP contribution is -2.52. The van der Waals surface area contributed by atoms with Gasteiger partial charge in [0.1, 0.15) is 5.76 Å². The van der Waals surface area contributed by atoms with E-state index in [0.717, 1.165) is 30.8 Å². The number of piperidine rings is 2. The minimum absolute atomic E-state index is 0.813. The van der Waals surface area contributed by atoms with Crippen molar-refractivity contribution in [3.63, 3.8) is 0 Å². The molecule has 0 aromatic carbocycles. The van der Waals surface area contributed by atoms with Crippen LogP contribution in [-0.4, -0.2) is 49.6 Å². The second kappa shape index (κ2) is 6.29. The van der Waals surface area contributed by atoms with E-state index in [9.17, 15) is 0 Å². The van der Waals surface area contributed by atoms with Gasteiger partial charge in [0.05, 0.1) is 12.8 Å². The molecule has 2 unspecified atom stereocenters. The van der Waals surface area contributed by atoms with E-state index in [0.29, 0.717) is 0 Å². The summed E-state index contributed by atoms with van der Waals surface area (Å²) in [6, 6.07) is 2.90. The fourth-order valence-corrected chi connectivity index (χ4v) is 3.93. The summed E-state index contributed by atoms with van der Waals surface area (Å²) in [5.41, 5.74) is 1.30. The Labute approximate surface area is 122 Å². The molecule has 4 heteroatoms. The van der Waals surface area contributed by atoms with E-state index in [2.05, 4.69) is 28.2 Å². The summed E-state index contributed by atoms with van der Waals surface area (Å²) in [5, 5.41) is 3.21. The summed E-state index contributed by atoms with van der Waals surface area (Å²) in [4.78, 5) is 5.16. The number of hydrogen-bond acceptors (Lipinski definition) is 4. The summed E-state index contributed by atoms with van der Waals surface area (Å²) in [6.45, 7) is 5.58. The van der Waals surface area contributed by atoms with E-state index in [4.69, 9.17) is 4.42 Å². The van der Waals surface area contributed by atoms with Gasteiger partial charge in [0.2, 0.25) is 0 Å². The molecule has 1 aromatic rings. The molecule has 20 heavy (non-hydrogen) atoms. The Morgan fingerprint density at radius 3 is 3.10 bits per heavy atom. The zero-order valence-corrected chi connectivity index (χ0v) is 12.8. The molecule has 112 valence electrons. The second-order valence-electron chi connectivity index (χ2n) is 6.37. The van der Waals surface area contributed by atoms with Crippen molar-refractivity contribution in [1.29, 1.82) is 0 Å². The topological polar surface area (TPSA) is 31.7 Å². The number of likely N-dealkylation sites (tertiary alicyclic amines) is 2. The summed E-state index contributed by atoms with van der Waals surface area (Å²) < 4.78 is 5.69. The molecular weight excluding hydrogens is 250 g/mol. The highest BCUT2D eigenvalue weighted by molar-refractivity contribution is 5.16. The van der Waals surface area contributed by atoms with Gasteiger partial charge in [0.25, 0.3) is 0 Å². The molecule has 2 fully saturated rings. The van der Waals surface area contributed by atoms with Crippen molar-refractivity contribution in [3.8, 4) is 0 Å². The zero-order valence-electron chi connectivity index (χ0n) is 12.8. The molecule has 0 radical (unpaired) electrons. The number of nitrogens with one attached hydrogen (secondary N) is 1. The van der Waals surface area contributed by atoms with Crippen LogP contribution in [0.3, 0.4) is 0 Å². The van der Waals surface area contributed by atoms with Crippen molar-refractivity contribution in [2.45, 2.75) is 38.4 Å². The molecule has 2 atom stereocenters. The average molecular weight is 277 g/mol. The molecule has 0 bridgehead atoms. The van der Waals surface area contributed by atoms with Crippen molar-refractivity contribution in [2.75, 3.05) is 33.7 Å². The summed E-state index contributed by atoms with van der Waals surface area (Å²) in [7, 11) is 4.28. The first-order chi connectivity index (χ1) is 9.78. The van der Waals surface area contributed by atoms with Gasteiger partial charge in [-0.3, -0.25) is 4.90 Å².